The van der Waals surface area contributed by atoms with E-state index in [0.717, 1.165) is 26.1 Å². The van der Waals surface area contributed by atoms with Crippen LogP contribution in [0.3, 0.4) is 0 Å². The molecule has 210 valence electrons. The van der Waals surface area contributed by atoms with Crippen molar-refractivity contribution < 1.29 is 4.79 Å². The molecule has 0 aliphatic heterocycles. The molecule has 0 unspecified atom stereocenters. The van der Waals surface area contributed by atoms with E-state index in [1.54, 1.807) is 0 Å². The minimum Gasteiger partial charge on any atom is -0.343 e. The van der Waals surface area contributed by atoms with Crippen LogP contribution in [-0.2, 0) is 4.79 Å². The van der Waals surface area contributed by atoms with Crippen LogP contribution >= 0.6 is 0 Å². The highest BCUT2D eigenvalue weighted by Gasteiger charge is 2.12. The van der Waals surface area contributed by atoms with Crippen LogP contribution in [0.1, 0.15) is 169 Å². The van der Waals surface area contributed by atoms with Crippen LogP contribution in [0.4, 0.5) is 0 Å². The maximum absolute atomic E-state index is 12.4. The third kappa shape index (κ3) is 23.6. The zero-order valence-electron chi connectivity index (χ0n) is 24.9. The molecule has 0 aromatic heterocycles. The zero-order valence-corrected chi connectivity index (χ0v) is 24.9. The lowest BCUT2D eigenvalue weighted by Crippen LogP contribution is -2.35. The molecule has 0 aliphatic rings. The van der Waals surface area contributed by atoms with Crippen molar-refractivity contribution >= 4 is 5.91 Å². The van der Waals surface area contributed by atoms with E-state index in [0.29, 0.717) is 12.3 Å². The summed E-state index contributed by atoms with van der Waals surface area (Å²) in [5, 5.41) is 0. The van der Waals surface area contributed by atoms with E-state index in [1.165, 1.54) is 142 Å². The van der Waals surface area contributed by atoms with E-state index in [4.69, 9.17) is 0 Å². The molecule has 0 radical (unpaired) electrons. The van der Waals surface area contributed by atoms with Crippen molar-refractivity contribution in [3.8, 4) is 0 Å². The van der Waals surface area contributed by atoms with Crippen molar-refractivity contribution in [1.82, 2.24) is 9.80 Å². The van der Waals surface area contributed by atoms with Gasteiger partial charge in [0.05, 0.1) is 0 Å². The molecule has 3 nitrogen and oxygen atoms in total. The van der Waals surface area contributed by atoms with Crippen LogP contribution in [0, 0.1) is 0 Å². The van der Waals surface area contributed by atoms with Crippen molar-refractivity contribution in [2.45, 2.75) is 169 Å². The van der Waals surface area contributed by atoms with Crippen molar-refractivity contribution in [2.24, 2.45) is 0 Å². The maximum atomic E-state index is 12.4. The topological polar surface area (TPSA) is 23.6 Å². The van der Waals surface area contributed by atoms with Gasteiger partial charge < -0.3 is 9.80 Å². The summed E-state index contributed by atoms with van der Waals surface area (Å²) < 4.78 is 0. The molecule has 0 rings (SSSR count). The Hall–Kier alpha value is -0.570. The number of hydrogen-bond donors (Lipinski definition) is 0. The molecule has 0 bridgehead atoms. The van der Waals surface area contributed by atoms with Crippen LogP contribution in [0.15, 0.2) is 0 Å². The first kappa shape index (κ1) is 34.4. The monoisotopic (exact) mass is 495 g/mol. The van der Waals surface area contributed by atoms with Crippen molar-refractivity contribution in [3.63, 3.8) is 0 Å². The predicted molar refractivity (Wildman–Crippen MR) is 157 cm³/mol. The van der Waals surface area contributed by atoms with Crippen LogP contribution in [0.2, 0.25) is 0 Å². The normalized spacial score (nSPS) is 11.5. The molecule has 0 heterocycles. The quantitative estimate of drug-likeness (QED) is 0.101. The molecular formula is C32H66N2O. The summed E-state index contributed by atoms with van der Waals surface area (Å²) >= 11 is 0. The Morgan fingerprint density at radius 1 is 0.400 bits per heavy atom. The summed E-state index contributed by atoms with van der Waals surface area (Å²) in [4.78, 5) is 17.2. The predicted octanol–water partition coefficient (Wildman–Crippen LogP) is 9.78. The molecule has 0 N–H and O–H groups in total. The summed E-state index contributed by atoms with van der Waals surface area (Å²) in [7, 11) is 0. The maximum Gasteiger partial charge on any atom is 0.222 e. The van der Waals surface area contributed by atoms with E-state index in [1.807, 2.05) is 6.92 Å². The standard InChI is InChI=1S/C32H66N2O/c1-5-9-12-13-14-15-16-17-18-19-20-21-22-23-24-25-30-34(32(35)8-4)31-26-29-33(27-10-6-2)28-11-7-3/h5-31H2,1-4H3. The second kappa shape index (κ2) is 28.0. The molecule has 0 spiro atoms. The molecular weight excluding hydrogens is 428 g/mol. The average molecular weight is 495 g/mol. The molecule has 0 aromatic carbocycles. The fourth-order valence-corrected chi connectivity index (χ4v) is 5.02. The first-order valence-corrected chi connectivity index (χ1v) is 16.2. The van der Waals surface area contributed by atoms with Gasteiger partial charge in [-0.1, -0.05) is 137 Å². The van der Waals surface area contributed by atoms with Gasteiger partial charge in [-0.05, 0) is 45.3 Å². The van der Waals surface area contributed by atoms with E-state index in [2.05, 4.69) is 30.6 Å². The molecule has 35 heavy (non-hydrogen) atoms. The molecule has 0 aromatic rings. The molecule has 0 saturated carbocycles. The van der Waals surface area contributed by atoms with Gasteiger partial charge in [-0.15, -0.1) is 0 Å². The number of carbonyl (C=O) groups excluding carboxylic acids is 1. The second-order valence-corrected chi connectivity index (χ2v) is 10.9. The van der Waals surface area contributed by atoms with Crippen LogP contribution in [0.5, 0.6) is 0 Å². The van der Waals surface area contributed by atoms with Crippen molar-refractivity contribution in [3.05, 3.63) is 0 Å². The summed E-state index contributed by atoms with van der Waals surface area (Å²) in [5.41, 5.74) is 0. The first-order chi connectivity index (χ1) is 17.2. The summed E-state index contributed by atoms with van der Waals surface area (Å²) in [6.07, 6.45) is 29.3. The number of rotatable bonds is 28. The second-order valence-electron chi connectivity index (χ2n) is 10.9. The Morgan fingerprint density at radius 3 is 1.14 bits per heavy atom. The largest absolute Gasteiger partial charge is 0.343 e. The minimum atomic E-state index is 0.347. The minimum absolute atomic E-state index is 0.347. The Morgan fingerprint density at radius 2 is 0.743 bits per heavy atom. The third-order valence-corrected chi connectivity index (χ3v) is 7.49. The van der Waals surface area contributed by atoms with Gasteiger partial charge in [0, 0.05) is 19.5 Å². The van der Waals surface area contributed by atoms with Crippen LogP contribution in [-0.4, -0.2) is 48.4 Å². The number of nitrogens with zero attached hydrogens (tertiary/aromatic N) is 2. The fraction of sp³-hybridized carbons (Fsp3) is 0.969. The highest BCUT2D eigenvalue weighted by atomic mass is 16.2. The van der Waals surface area contributed by atoms with Gasteiger partial charge in [0.1, 0.15) is 0 Å². The molecule has 1 amide bonds. The number of amides is 1. The summed E-state index contributed by atoms with van der Waals surface area (Å²) in [6.45, 7) is 14.4. The van der Waals surface area contributed by atoms with Gasteiger partial charge in [0.25, 0.3) is 0 Å². The van der Waals surface area contributed by atoms with Gasteiger partial charge in [-0.3, -0.25) is 4.79 Å². The van der Waals surface area contributed by atoms with E-state index in [-0.39, 0.29) is 0 Å². The lowest BCUT2D eigenvalue weighted by molar-refractivity contribution is -0.131. The van der Waals surface area contributed by atoms with Crippen molar-refractivity contribution in [1.29, 1.82) is 0 Å². The van der Waals surface area contributed by atoms with E-state index >= 15 is 0 Å². The Balaban J connectivity index is 3.74. The zero-order chi connectivity index (χ0) is 25.8. The number of unbranched alkanes of at least 4 members (excludes halogenated alkanes) is 17. The Labute approximate surface area is 222 Å². The Bertz CT molecular complexity index is 418. The lowest BCUT2D eigenvalue weighted by atomic mass is 10.0. The van der Waals surface area contributed by atoms with Crippen LogP contribution < -0.4 is 0 Å². The molecule has 0 aliphatic carbocycles. The highest BCUT2D eigenvalue weighted by Crippen LogP contribution is 2.14. The summed E-state index contributed by atoms with van der Waals surface area (Å²) in [5.74, 6) is 0.347. The van der Waals surface area contributed by atoms with Crippen molar-refractivity contribution in [2.75, 3.05) is 32.7 Å². The lowest BCUT2D eigenvalue weighted by Gasteiger charge is -2.26. The van der Waals surface area contributed by atoms with Gasteiger partial charge in [-0.25, -0.2) is 0 Å². The van der Waals surface area contributed by atoms with Crippen LogP contribution in [0.25, 0.3) is 0 Å². The SMILES string of the molecule is CCCCCCCCCCCCCCCCCCN(CCCN(CCCC)CCCC)C(=O)CC. The fourth-order valence-electron chi connectivity index (χ4n) is 5.02. The first-order valence-electron chi connectivity index (χ1n) is 16.2. The van der Waals surface area contributed by atoms with Gasteiger partial charge in [0.2, 0.25) is 5.91 Å². The molecule has 3 heteroatoms. The van der Waals surface area contributed by atoms with Gasteiger partial charge in [0.15, 0.2) is 0 Å². The number of hydrogen-bond acceptors (Lipinski definition) is 2. The summed E-state index contributed by atoms with van der Waals surface area (Å²) in [6, 6.07) is 0. The average Bonchev–Trinajstić information content (AvgIpc) is 2.87. The smallest absolute Gasteiger partial charge is 0.222 e. The molecule has 0 atom stereocenters. The van der Waals surface area contributed by atoms with E-state index in [9.17, 15) is 4.79 Å². The van der Waals surface area contributed by atoms with Gasteiger partial charge in [-0.2, -0.15) is 0 Å². The van der Waals surface area contributed by atoms with E-state index < -0.39 is 0 Å². The third-order valence-electron chi connectivity index (χ3n) is 7.49. The molecule has 0 saturated heterocycles. The molecule has 0 fully saturated rings. The highest BCUT2D eigenvalue weighted by molar-refractivity contribution is 5.75. The number of carbonyl (C=O) groups is 1. The van der Waals surface area contributed by atoms with Gasteiger partial charge >= 0.3 is 0 Å². The Kier molecular flexibility index (Phi) is 27.6.